The van der Waals surface area contributed by atoms with E-state index in [4.69, 9.17) is 4.74 Å². The summed E-state index contributed by atoms with van der Waals surface area (Å²) in [7, 11) is 0. The van der Waals surface area contributed by atoms with Crippen LogP contribution in [0.25, 0.3) is 5.82 Å². The standard InChI is InChI=1S/C16H21N5O2/c1-3-23-15(22)13-5-9-20(10-6-13)16-18-7-4-14(19-16)21-11-8-17-12(21)2/h4,7-8,11,13H,3,5-6,9-10H2,1-2H3. The third kappa shape index (κ3) is 3.33. The molecule has 0 aromatic carbocycles. The second-order valence-corrected chi connectivity index (χ2v) is 5.57. The number of carbonyl (C=O) groups excluding carboxylic acids is 1. The highest BCUT2D eigenvalue weighted by Gasteiger charge is 2.27. The zero-order valence-corrected chi connectivity index (χ0v) is 13.5. The molecule has 23 heavy (non-hydrogen) atoms. The average molecular weight is 315 g/mol. The van der Waals surface area contributed by atoms with Crippen molar-refractivity contribution in [2.75, 3.05) is 24.6 Å². The maximum absolute atomic E-state index is 11.8. The molecule has 0 N–H and O–H groups in total. The number of aryl methyl sites for hydroxylation is 1. The van der Waals surface area contributed by atoms with Crippen molar-refractivity contribution in [2.45, 2.75) is 26.7 Å². The Morgan fingerprint density at radius 3 is 2.74 bits per heavy atom. The second kappa shape index (κ2) is 6.76. The Labute approximate surface area is 135 Å². The van der Waals surface area contributed by atoms with Crippen molar-refractivity contribution >= 4 is 11.9 Å². The van der Waals surface area contributed by atoms with E-state index in [1.54, 1.807) is 12.4 Å². The molecule has 2 aromatic heterocycles. The van der Waals surface area contributed by atoms with E-state index in [2.05, 4.69) is 19.9 Å². The van der Waals surface area contributed by atoms with E-state index >= 15 is 0 Å². The van der Waals surface area contributed by atoms with Gasteiger partial charge in [0.15, 0.2) is 0 Å². The third-order valence-electron chi connectivity index (χ3n) is 4.10. The monoisotopic (exact) mass is 315 g/mol. The van der Waals surface area contributed by atoms with E-state index in [1.165, 1.54) is 0 Å². The molecule has 0 saturated carbocycles. The fourth-order valence-corrected chi connectivity index (χ4v) is 2.82. The lowest BCUT2D eigenvalue weighted by molar-refractivity contribution is -0.148. The topological polar surface area (TPSA) is 73.1 Å². The van der Waals surface area contributed by atoms with E-state index in [1.807, 2.05) is 30.7 Å². The van der Waals surface area contributed by atoms with Crippen LogP contribution in [0.2, 0.25) is 0 Å². The summed E-state index contributed by atoms with van der Waals surface area (Å²) in [4.78, 5) is 27.1. The Hall–Kier alpha value is -2.44. The molecule has 1 aliphatic rings. The normalized spacial score (nSPS) is 15.7. The van der Waals surface area contributed by atoms with Crippen LogP contribution >= 0.6 is 0 Å². The molecule has 1 fully saturated rings. The first-order valence-corrected chi connectivity index (χ1v) is 7.94. The lowest BCUT2D eigenvalue weighted by atomic mass is 9.97. The summed E-state index contributed by atoms with van der Waals surface area (Å²) in [5.41, 5.74) is 0. The molecule has 0 radical (unpaired) electrons. The highest BCUT2D eigenvalue weighted by Crippen LogP contribution is 2.22. The van der Waals surface area contributed by atoms with Crippen LogP contribution < -0.4 is 4.90 Å². The minimum atomic E-state index is -0.0872. The van der Waals surface area contributed by atoms with Crippen molar-refractivity contribution in [3.8, 4) is 5.82 Å². The molecular formula is C16H21N5O2. The van der Waals surface area contributed by atoms with E-state index < -0.39 is 0 Å². The Morgan fingerprint density at radius 2 is 2.09 bits per heavy atom. The van der Waals surface area contributed by atoms with E-state index in [0.717, 1.165) is 37.6 Å². The fourth-order valence-electron chi connectivity index (χ4n) is 2.82. The highest BCUT2D eigenvalue weighted by molar-refractivity contribution is 5.72. The molecular weight excluding hydrogens is 294 g/mol. The number of hydrogen-bond acceptors (Lipinski definition) is 6. The third-order valence-corrected chi connectivity index (χ3v) is 4.10. The number of anilines is 1. The van der Waals surface area contributed by atoms with Gasteiger partial charge in [-0.05, 0) is 32.8 Å². The number of nitrogens with zero attached hydrogens (tertiary/aromatic N) is 5. The van der Waals surface area contributed by atoms with Gasteiger partial charge in [0, 0.05) is 31.7 Å². The lowest BCUT2D eigenvalue weighted by Crippen LogP contribution is -2.38. The van der Waals surface area contributed by atoms with Crippen molar-refractivity contribution in [1.29, 1.82) is 0 Å². The van der Waals surface area contributed by atoms with Gasteiger partial charge < -0.3 is 9.64 Å². The highest BCUT2D eigenvalue weighted by atomic mass is 16.5. The minimum Gasteiger partial charge on any atom is -0.466 e. The quantitative estimate of drug-likeness (QED) is 0.800. The van der Waals surface area contributed by atoms with E-state index in [9.17, 15) is 4.79 Å². The van der Waals surface area contributed by atoms with E-state index in [-0.39, 0.29) is 11.9 Å². The summed E-state index contributed by atoms with van der Waals surface area (Å²) in [5.74, 6) is 2.28. The lowest BCUT2D eigenvalue weighted by Gasteiger charge is -2.30. The molecule has 0 aliphatic carbocycles. The molecule has 122 valence electrons. The van der Waals surface area contributed by atoms with Gasteiger partial charge in [-0.25, -0.2) is 9.97 Å². The van der Waals surface area contributed by atoms with Gasteiger partial charge >= 0.3 is 5.97 Å². The zero-order chi connectivity index (χ0) is 16.2. The van der Waals surface area contributed by atoms with Crippen LogP contribution in [0.3, 0.4) is 0 Å². The van der Waals surface area contributed by atoms with Crippen LogP contribution in [-0.4, -0.2) is 45.2 Å². The molecule has 0 bridgehead atoms. The number of rotatable bonds is 4. The molecule has 1 aliphatic heterocycles. The number of ether oxygens (including phenoxy) is 1. The van der Waals surface area contributed by atoms with Crippen molar-refractivity contribution in [2.24, 2.45) is 5.92 Å². The number of carbonyl (C=O) groups is 1. The first-order valence-electron chi connectivity index (χ1n) is 7.94. The second-order valence-electron chi connectivity index (χ2n) is 5.57. The predicted octanol–water partition coefficient (Wildman–Crippen LogP) is 1.75. The Morgan fingerprint density at radius 1 is 1.30 bits per heavy atom. The molecule has 0 atom stereocenters. The molecule has 2 aromatic rings. The molecule has 3 rings (SSSR count). The summed E-state index contributed by atoms with van der Waals surface area (Å²) in [6, 6.07) is 1.86. The predicted molar refractivity (Wildman–Crippen MR) is 85.5 cm³/mol. The first-order chi connectivity index (χ1) is 11.2. The molecule has 0 unspecified atom stereocenters. The summed E-state index contributed by atoms with van der Waals surface area (Å²) < 4.78 is 7.03. The number of piperidine rings is 1. The Kier molecular flexibility index (Phi) is 4.55. The zero-order valence-electron chi connectivity index (χ0n) is 13.5. The van der Waals surface area contributed by atoms with Gasteiger partial charge in [0.05, 0.1) is 12.5 Å². The van der Waals surface area contributed by atoms with Crippen LogP contribution in [0.5, 0.6) is 0 Å². The summed E-state index contributed by atoms with van der Waals surface area (Å²) in [6.45, 7) is 5.73. The number of imidazole rings is 1. The van der Waals surface area contributed by atoms with Crippen LogP contribution in [0.4, 0.5) is 5.95 Å². The van der Waals surface area contributed by atoms with Crippen molar-refractivity contribution in [3.63, 3.8) is 0 Å². The molecule has 0 spiro atoms. The first kappa shape index (κ1) is 15.5. The van der Waals surface area contributed by atoms with Gasteiger partial charge in [0.25, 0.3) is 0 Å². The smallest absolute Gasteiger partial charge is 0.309 e. The largest absolute Gasteiger partial charge is 0.466 e. The van der Waals surface area contributed by atoms with E-state index in [0.29, 0.717) is 12.6 Å². The van der Waals surface area contributed by atoms with Gasteiger partial charge in [0.2, 0.25) is 5.95 Å². The SMILES string of the molecule is CCOC(=O)C1CCN(c2nccc(-n3ccnc3C)n2)CC1. The molecule has 1 saturated heterocycles. The van der Waals surface area contributed by atoms with Crippen molar-refractivity contribution in [1.82, 2.24) is 19.5 Å². The maximum Gasteiger partial charge on any atom is 0.309 e. The van der Waals surface area contributed by atoms with Crippen molar-refractivity contribution < 1.29 is 9.53 Å². The molecule has 7 heteroatoms. The van der Waals surface area contributed by atoms with Crippen molar-refractivity contribution in [3.05, 3.63) is 30.5 Å². The Balaban J connectivity index is 1.70. The van der Waals surface area contributed by atoms with Gasteiger partial charge in [-0.2, -0.15) is 4.98 Å². The fraction of sp³-hybridized carbons (Fsp3) is 0.500. The van der Waals surface area contributed by atoms with Gasteiger partial charge in [-0.1, -0.05) is 0 Å². The van der Waals surface area contributed by atoms with Crippen LogP contribution in [0, 0.1) is 12.8 Å². The number of aromatic nitrogens is 4. The molecule has 3 heterocycles. The van der Waals surface area contributed by atoms with Crippen LogP contribution in [0.1, 0.15) is 25.6 Å². The average Bonchev–Trinajstić information content (AvgIpc) is 3.01. The van der Waals surface area contributed by atoms with Gasteiger partial charge in [-0.15, -0.1) is 0 Å². The summed E-state index contributed by atoms with van der Waals surface area (Å²) >= 11 is 0. The maximum atomic E-state index is 11.8. The minimum absolute atomic E-state index is 0.00900. The molecule has 0 amide bonds. The van der Waals surface area contributed by atoms with Crippen LogP contribution in [0.15, 0.2) is 24.7 Å². The molecule has 7 nitrogen and oxygen atoms in total. The Bertz CT molecular complexity index is 677. The number of hydrogen-bond donors (Lipinski definition) is 0. The summed E-state index contributed by atoms with van der Waals surface area (Å²) in [5, 5.41) is 0. The summed E-state index contributed by atoms with van der Waals surface area (Å²) in [6.07, 6.45) is 6.94. The van der Waals surface area contributed by atoms with Gasteiger partial charge in [0.1, 0.15) is 11.6 Å². The van der Waals surface area contributed by atoms with Crippen LogP contribution in [-0.2, 0) is 9.53 Å². The van der Waals surface area contributed by atoms with Gasteiger partial charge in [-0.3, -0.25) is 9.36 Å². The number of esters is 1.